The van der Waals surface area contributed by atoms with Crippen LogP contribution in [0.4, 0.5) is 5.82 Å². The number of hydrogen-bond acceptors (Lipinski definition) is 4. The van der Waals surface area contributed by atoms with E-state index in [-0.39, 0.29) is 5.91 Å². The third-order valence-corrected chi connectivity index (χ3v) is 3.78. The first-order valence-corrected chi connectivity index (χ1v) is 7.96. The van der Waals surface area contributed by atoms with E-state index in [2.05, 4.69) is 27.9 Å². The zero-order valence-electron chi connectivity index (χ0n) is 14.3. The van der Waals surface area contributed by atoms with E-state index < -0.39 is 11.3 Å². The van der Waals surface area contributed by atoms with Gasteiger partial charge in [0.25, 0.3) is 0 Å². The minimum Gasteiger partial charge on any atom is -0.360 e. The number of nitrogens with one attached hydrogen (secondary N) is 2. The Bertz CT molecular complexity index is 693. The number of carbonyl (C=O) groups is 2. The van der Waals surface area contributed by atoms with Gasteiger partial charge in [-0.1, -0.05) is 35.5 Å². The van der Waals surface area contributed by atoms with Gasteiger partial charge in [-0.05, 0) is 39.2 Å². The Kier molecular flexibility index (Phi) is 5.73. The second-order valence-corrected chi connectivity index (χ2v) is 6.25. The molecule has 0 unspecified atom stereocenters. The molecule has 1 heterocycles. The highest BCUT2D eigenvalue weighted by atomic mass is 16.5. The Morgan fingerprint density at radius 2 is 1.88 bits per heavy atom. The van der Waals surface area contributed by atoms with Gasteiger partial charge in [0.1, 0.15) is 11.2 Å². The largest absolute Gasteiger partial charge is 0.360 e. The predicted molar refractivity (Wildman–Crippen MR) is 91.4 cm³/mol. The van der Waals surface area contributed by atoms with Crippen LogP contribution in [0.25, 0.3) is 0 Å². The fourth-order valence-electron chi connectivity index (χ4n) is 2.16. The normalized spacial score (nSPS) is 11.1. The smallest absolute Gasteiger partial charge is 0.240 e. The van der Waals surface area contributed by atoms with E-state index in [4.69, 9.17) is 4.52 Å². The van der Waals surface area contributed by atoms with Gasteiger partial charge in [-0.25, -0.2) is 0 Å². The fourth-order valence-corrected chi connectivity index (χ4v) is 2.16. The number of anilines is 1. The molecule has 0 aliphatic rings. The zero-order valence-corrected chi connectivity index (χ0v) is 14.3. The monoisotopic (exact) mass is 329 g/mol. The second-order valence-electron chi connectivity index (χ2n) is 6.25. The summed E-state index contributed by atoms with van der Waals surface area (Å²) in [5.74, 6) is 0.167. The molecule has 0 aliphatic carbocycles. The van der Waals surface area contributed by atoms with Crippen molar-refractivity contribution >= 4 is 17.6 Å². The quantitative estimate of drug-likeness (QED) is 0.604. The van der Waals surface area contributed by atoms with Gasteiger partial charge < -0.3 is 15.2 Å². The first-order valence-electron chi connectivity index (χ1n) is 7.96. The van der Waals surface area contributed by atoms with Crippen molar-refractivity contribution in [2.24, 2.45) is 5.41 Å². The van der Waals surface area contributed by atoms with Gasteiger partial charge in [0, 0.05) is 12.6 Å². The van der Waals surface area contributed by atoms with Crippen LogP contribution in [-0.2, 0) is 16.0 Å². The van der Waals surface area contributed by atoms with Crippen LogP contribution in [0.3, 0.4) is 0 Å². The van der Waals surface area contributed by atoms with E-state index >= 15 is 0 Å². The predicted octanol–water partition coefficient (Wildman–Crippen LogP) is 2.70. The van der Waals surface area contributed by atoms with E-state index in [1.165, 1.54) is 5.56 Å². The fraction of sp³-hybridized carbons (Fsp3) is 0.389. The van der Waals surface area contributed by atoms with Crippen molar-refractivity contribution in [2.75, 3.05) is 11.9 Å². The maximum Gasteiger partial charge on any atom is 0.240 e. The van der Waals surface area contributed by atoms with Gasteiger partial charge in [-0.3, -0.25) is 9.59 Å². The van der Waals surface area contributed by atoms with Crippen LogP contribution in [0.5, 0.6) is 0 Å². The summed E-state index contributed by atoms with van der Waals surface area (Å²) in [7, 11) is 0. The Balaban J connectivity index is 1.80. The molecule has 6 nitrogen and oxygen atoms in total. The molecule has 1 aromatic carbocycles. The molecule has 0 fully saturated rings. The number of hydrogen-bond donors (Lipinski definition) is 2. The van der Waals surface area contributed by atoms with Crippen LogP contribution in [0, 0.1) is 12.3 Å². The van der Waals surface area contributed by atoms with Gasteiger partial charge in [0.15, 0.2) is 5.82 Å². The topological polar surface area (TPSA) is 84.2 Å². The molecule has 24 heavy (non-hydrogen) atoms. The minimum absolute atomic E-state index is 0.308. The molecular formula is C18H23N3O3. The Hall–Kier alpha value is -2.63. The van der Waals surface area contributed by atoms with Crippen LogP contribution in [-0.4, -0.2) is 23.5 Å². The molecule has 1 aromatic heterocycles. The van der Waals surface area contributed by atoms with E-state index in [0.717, 1.165) is 12.8 Å². The van der Waals surface area contributed by atoms with Crippen LogP contribution in [0.1, 0.15) is 31.6 Å². The molecule has 6 heteroatoms. The van der Waals surface area contributed by atoms with Crippen molar-refractivity contribution in [3.05, 3.63) is 47.7 Å². The summed E-state index contributed by atoms with van der Waals surface area (Å²) in [6.45, 7) is 5.42. The van der Waals surface area contributed by atoms with Crippen molar-refractivity contribution in [1.29, 1.82) is 0 Å². The summed E-state index contributed by atoms with van der Waals surface area (Å²) >= 11 is 0. The van der Waals surface area contributed by atoms with Gasteiger partial charge in [0.2, 0.25) is 11.8 Å². The highest BCUT2D eigenvalue weighted by Gasteiger charge is 2.36. The van der Waals surface area contributed by atoms with Crippen molar-refractivity contribution in [3.63, 3.8) is 0 Å². The summed E-state index contributed by atoms with van der Waals surface area (Å²) in [6, 6.07) is 11.7. The van der Waals surface area contributed by atoms with Crippen molar-refractivity contribution in [3.8, 4) is 0 Å². The summed E-state index contributed by atoms with van der Waals surface area (Å²) in [6.07, 6.45) is 1.70. The van der Waals surface area contributed by atoms with E-state index in [1.54, 1.807) is 26.8 Å². The number of rotatable bonds is 7. The highest BCUT2D eigenvalue weighted by Crippen LogP contribution is 2.19. The van der Waals surface area contributed by atoms with Crippen LogP contribution in [0.2, 0.25) is 0 Å². The molecule has 0 radical (unpaired) electrons. The second kappa shape index (κ2) is 7.77. The molecule has 2 rings (SSSR count). The maximum absolute atomic E-state index is 12.3. The summed E-state index contributed by atoms with van der Waals surface area (Å²) < 4.78 is 4.89. The van der Waals surface area contributed by atoms with Crippen molar-refractivity contribution < 1.29 is 14.1 Å². The lowest BCUT2D eigenvalue weighted by molar-refractivity contribution is -0.138. The van der Waals surface area contributed by atoms with E-state index in [9.17, 15) is 9.59 Å². The lowest BCUT2D eigenvalue weighted by atomic mass is 9.91. The molecule has 0 spiro atoms. The lowest BCUT2D eigenvalue weighted by Crippen LogP contribution is -2.45. The zero-order chi connectivity index (χ0) is 17.6. The van der Waals surface area contributed by atoms with Crippen molar-refractivity contribution in [1.82, 2.24) is 10.5 Å². The first-order chi connectivity index (χ1) is 11.4. The van der Waals surface area contributed by atoms with Gasteiger partial charge >= 0.3 is 0 Å². The molecule has 0 aliphatic heterocycles. The van der Waals surface area contributed by atoms with Crippen LogP contribution in [0.15, 0.2) is 40.9 Å². The molecule has 0 atom stereocenters. The Morgan fingerprint density at radius 3 is 2.50 bits per heavy atom. The molecule has 2 amide bonds. The third-order valence-electron chi connectivity index (χ3n) is 3.78. The van der Waals surface area contributed by atoms with E-state index in [1.807, 2.05) is 18.2 Å². The molecule has 0 saturated heterocycles. The average molecular weight is 329 g/mol. The summed E-state index contributed by atoms with van der Waals surface area (Å²) in [5.41, 5.74) is 0.0322. The maximum atomic E-state index is 12.3. The number of aryl methyl sites for hydroxylation is 2. The number of carbonyl (C=O) groups excluding carboxylic acids is 2. The van der Waals surface area contributed by atoms with E-state index in [0.29, 0.717) is 18.1 Å². The van der Waals surface area contributed by atoms with Gasteiger partial charge in [-0.2, -0.15) is 0 Å². The van der Waals surface area contributed by atoms with Gasteiger partial charge in [0.05, 0.1) is 0 Å². The van der Waals surface area contributed by atoms with Crippen LogP contribution >= 0.6 is 0 Å². The number of amides is 2. The molecule has 0 saturated carbocycles. The highest BCUT2D eigenvalue weighted by molar-refractivity contribution is 6.09. The molecule has 0 bridgehead atoms. The average Bonchev–Trinajstić information content (AvgIpc) is 2.97. The number of benzene rings is 1. The van der Waals surface area contributed by atoms with Gasteiger partial charge in [-0.15, -0.1) is 0 Å². The Labute approximate surface area is 141 Å². The molecular weight excluding hydrogens is 306 g/mol. The third kappa shape index (κ3) is 4.68. The van der Waals surface area contributed by atoms with Crippen LogP contribution < -0.4 is 10.6 Å². The number of aromatic nitrogens is 1. The first kappa shape index (κ1) is 17.7. The Morgan fingerprint density at radius 1 is 1.17 bits per heavy atom. The van der Waals surface area contributed by atoms with Crippen molar-refractivity contribution in [2.45, 2.75) is 33.6 Å². The standard InChI is InChI=1S/C18H23N3O3/c1-13-12-15(21-24-13)20-17(23)18(2,3)16(22)19-11-7-10-14-8-5-4-6-9-14/h4-6,8-9,12H,7,10-11H2,1-3H3,(H,19,22)(H,20,21,23). The lowest BCUT2D eigenvalue weighted by Gasteiger charge is -2.22. The number of nitrogens with zero attached hydrogens (tertiary/aromatic N) is 1. The molecule has 2 aromatic rings. The molecule has 2 N–H and O–H groups in total. The summed E-state index contributed by atoms with van der Waals surface area (Å²) in [5, 5.41) is 9.12. The molecule has 128 valence electrons. The SMILES string of the molecule is Cc1cc(NC(=O)C(C)(C)C(=O)NCCCc2ccccc2)no1. The minimum atomic E-state index is -1.19. The summed E-state index contributed by atoms with van der Waals surface area (Å²) in [4.78, 5) is 24.6.